The number of ether oxygens (including phenoxy) is 1. The van der Waals surface area contributed by atoms with Crippen LogP contribution in [-0.4, -0.2) is 32.9 Å². The highest BCUT2D eigenvalue weighted by Crippen LogP contribution is 2.17. The molecule has 2 rings (SSSR count). The Kier molecular flexibility index (Phi) is 5.61. The molecule has 2 aromatic carbocycles. The van der Waals surface area contributed by atoms with Crippen molar-refractivity contribution in [2.24, 2.45) is 0 Å². The first kappa shape index (κ1) is 17.0. The maximum absolute atomic E-state index is 12.4. The average Bonchev–Trinajstić information content (AvgIpc) is 2.49. The number of sulfonamides is 1. The van der Waals surface area contributed by atoms with Crippen molar-refractivity contribution in [3.05, 3.63) is 58.6 Å². The van der Waals surface area contributed by atoms with Crippen molar-refractivity contribution in [3.63, 3.8) is 0 Å². The van der Waals surface area contributed by atoms with Crippen LogP contribution in [0.3, 0.4) is 0 Å². The van der Waals surface area contributed by atoms with E-state index >= 15 is 0 Å². The second kappa shape index (κ2) is 7.26. The highest BCUT2D eigenvalue weighted by atomic mass is 79.9. The summed E-state index contributed by atoms with van der Waals surface area (Å²) in [4.78, 5) is 0.296. The second-order valence-corrected chi connectivity index (χ2v) is 7.90. The minimum atomic E-state index is -3.47. The van der Waals surface area contributed by atoms with Crippen LogP contribution in [0.25, 0.3) is 0 Å². The van der Waals surface area contributed by atoms with Gasteiger partial charge in [-0.05, 0) is 43.3 Å². The van der Waals surface area contributed by atoms with Gasteiger partial charge in [0.25, 0.3) is 0 Å². The van der Waals surface area contributed by atoms with Gasteiger partial charge in [-0.25, -0.2) is 8.42 Å². The van der Waals surface area contributed by atoms with Gasteiger partial charge in [0.2, 0.25) is 10.0 Å². The molecule has 0 aliphatic rings. The Bertz CT molecular complexity index is 712. The zero-order valence-electron chi connectivity index (χ0n) is 12.5. The first-order valence-electron chi connectivity index (χ1n) is 6.81. The third kappa shape index (κ3) is 4.32. The molecule has 0 aromatic heterocycles. The molecule has 0 aliphatic carbocycles. The van der Waals surface area contributed by atoms with Gasteiger partial charge >= 0.3 is 0 Å². The number of hydrogen-bond acceptors (Lipinski definition) is 3. The summed E-state index contributed by atoms with van der Waals surface area (Å²) in [5.74, 6) is 0.712. The number of rotatable bonds is 6. The van der Waals surface area contributed by atoms with E-state index in [0.29, 0.717) is 17.3 Å². The van der Waals surface area contributed by atoms with Crippen molar-refractivity contribution in [1.29, 1.82) is 0 Å². The highest BCUT2D eigenvalue weighted by molar-refractivity contribution is 9.10. The van der Waals surface area contributed by atoms with Gasteiger partial charge in [0.15, 0.2) is 0 Å². The van der Waals surface area contributed by atoms with Crippen molar-refractivity contribution in [1.82, 2.24) is 4.31 Å². The molecule has 6 heteroatoms. The number of benzene rings is 2. The van der Waals surface area contributed by atoms with Crippen LogP contribution in [0.15, 0.2) is 57.9 Å². The molecule has 0 aliphatic heterocycles. The minimum Gasteiger partial charge on any atom is -0.492 e. The van der Waals surface area contributed by atoms with Crippen molar-refractivity contribution < 1.29 is 13.2 Å². The third-order valence-electron chi connectivity index (χ3n) is 3.22. The van der Waals surface area contributed by atoms with Gasteiger partial charge in [0.1, 0.15) is 12.4 Å². The quantitative estimate of drug-likeness (QED) is 0.767. The topological polar surface area (TPSA) is 46.6 Å². The van der Waals surface area contributed by atoms with Crippen LogP contribution in [0.5, 0.6) is 5.75 Å². The highest BCUT2D eigenvalue weighted by Gasteiger charge is 2.20. The molecule has 2 aromatic rings. The molecule has 0 amide bonds. The van der Waals surface area contributed by atoms with Crippen LogP contribution < -0.4 is 4.74 Å². The minimum absolute atomic E-state index is 0.284. The van der Waals surface area contributed by atoms with Crippen LogP contribution in [0.2, 0.25) is 0 Å². The van der Waals surface area contributed by atoms with E-state index in [1.807, 2.05) is 31.2 Å². The smallest absolute Gasteiger partial charge is 0.242 e. The molecule has 0 saturated heterocycles. The average molecular weight is 384 g/mol. The predicted molar refractivity (Wildman–Crippen MR) is 90.6 cm³/mol. The first-order chi connectivity index (χ1) is 10.4. The van der Waals surface area contributed by atoms with E-state index in [-0.39, 0.29) is 6.54 Å². The molecular formula is C16H18BrNO3S. The van der Waals surface area contributed by atoms with E-state index < -0.39 is 10.0 Å². The lowest BCUT2D eigenvalue weighted by Gasteiger charge is -2.17. The molecule has 0 spiro atoms. The fraction of sp³-hybridized carbons (Fsp3) is 0.250. The molecule has 0 fully saturated rings. The van der Waals surface area contributed by atoms with E-state index in [9.17, 15) is 8.42 Å². The van der Waals surface area contributed by atoms with E-state index in [1.165, 1.54) is 4.31 Å². The lowest BCUT2D eigenvalue weighted by atomic mass is 10.2. The maximum atomic E-state index is 12.4. The largest absolute Gasteiger partial charge is 0.492 e. The van der Waals surface area contributed by atoms with Crippen LogP contribution in [0, 0.1) is 6.92 Å². The van der Waals surface area contributed by atoms with Crippen molar-refractivity contribution in [2.75, 3.05) is 20.2 Å². The molecule has 118 valence electrons. The molecule has 4 nitrogen and oxygen atoms in total. The first-order valence-corrected chi connectivity index (χ1v) is 9.04. The Balaban J connectivity index is 1.94. The Morgan fingerprint density at radius 2 is 1.64 bits per heavy atom. The number of halogens is 1. The number of nitrogens with zero attached hydrogens (tertiary/aromatic N) is 1. The third-order valence-corrected chi connectivity index (χ3v) is 5.62. The monoisotopic (exact) mass is 383 g/mol. The summed E-state index contributed by atoms with van der Waals surface area (Å²) in [6, 6.07) is 14.2. The normalized spacial score (nSPS) is 11.6. The summed E-state index contributed by atoms with van der Waals surface area (Å²) in [6.45, 7) is 2.50. The Morgan fingerprint density at radius 3 is 2.23 bits per heavy atom. The van der Waals surface area contributed by atoms with E-state index in [0.717, 1.165) is 10.0 Å². The summed E-state index contributed by atoms with van der Waals surface area (Å²) >= 11 is 3.35. The Morgan fingerprint density at radius 1 is 1.05 bits per heavy atom. The second-order valence-electron chi connectivity index (χ2n) is 4.94. The van der Waals surface area contributed by atoms with Gasteiger partial charge in [-0.15, -0.1) is 0 Å². The van der Waals surface area contributed by atoms with Crippen molar-refractivity contribution >= 4 is 26.0 Å². The van der Waals surface area contributed by atoms with E-state index in [1.54, 1.807) is 31.3 Å². The lowest BCUT2D eigenvalue weighted by Crippen LogP contribution is -2.31. The summed E-state index contributed by atoms with van der Waals surface area (Å²) in [7, 11) is -1.92. The Labute approximate surface area is 139 Å². The molecular weight excluding hydrogens is 366 g/mol. The van der Waals surface area contributed by atoms with Crippen LogP contribution in [-0.2, 0) is 10.0 Å². The number of hydrogen-bond donors (Lipinski definition) is 0. The van der Waals surface area contributed by atoms with Crippen LogP contribution in [0.4, 0.5) is 0 Å². The van der Waals surface area contributed by atoms with Gasteiger partial charge in [0.05, 0.1) is 4.90 Å². The summed E-state index contributed by atoms with van der Waals surface area (Å²) < 4.78 is 32.6. The lowest BCUT2D eigenvalue weighted by molar-refractivity contribution is 0.287. The van der Waals surface area contributed by atoms with Crippen molar-refractivity contribution in [2.45, 2.75) is 11.8 Å². The van der Waals surface area contributed by atoms with E-state index in [4.69, 9.17) is 4.74 Å². The van der Waals surface area contributed by atoms with Gasteiger partial charge < -0.3 is 4.74 Å². The number of likely N-dealkylation sites (N-methyl/N-ethyl adjacent to an activating group) is 1. The summed E-state index contributed by atoms with van der Waals surface area (Å²) in [5.41, 5.74) is 1.03. The predicted octanol–water partition coefficient (Wildman–Crippen LogP) is 3.46. The van der Waals surface area contributed by atoms with Crippen LogP contribution in [0.1, 0.15) is 5.56 Å². The molecule has 0 unspecified atom stereocenters. The zero-order valence-corrected chi connectivity index (χ0v) is 14.9. The molecule has 0 atom stereocenters. The van der Waals surface area contributed by atoms with Gasteiger partial charge in [-0.3, -0.25) is 0 Å². The summed E-state index contributed by atoms with van der Waals surface area (Å²) in [6.07, 6.45) is 0. The number of aryl methyl sites for hydroxylation is 1. The van der Waals surface area contributed by atoms with Gasteiger partial charge in [-0.2, -0.15) is 4.31 Å². The fourth-order valence-electron chi connectivity index (χ4n) is 1.83. The summed E-state index contributed by atoms with van der Waals surface area (Å²) in [5, 5.41) is 0. The standard InChI is InChI=1S/C16H18BrNO3S/c1-13-3-9-16(10-4-13)22(19,20)18(2)11-12-21-15-7-5-14(17)6-8-15/h3-10H,11-12H2,1-2H3. The van der Waals surface area contributed by atoms with Crippen molar-refractivity contribution in [3.8, 4) is 5.75 Å². The molecule has 0 N–H and O–H groups in total. The van der Waals surface area contributed by atoms with Gasteiger partial charge in [-0.1, -0.05) is 33.6 Å². The maximum Gasteiger partial charge on any atom is 0.242 e. The van der Waals surface area contributed by atoms with Gasteiger partial charge in [0, 0.05) is 18.1 Å². The Hall–Kier alpha value is -1.37. The zero-order chi connectivity index (χ0) is 16.2. The molecule has 22 heavy (non-hydrogen) atoms. The SMILES string of the molecule is Cc1ccc(S(=O)(=O)N(C)CCOc2ccc(Br)cc2)cc1. The molecule has 0 bridgehead atoms. The van der Waals surface area contributed by atoms with Crippen LogP contribution >= 0.6 is 15.9 Å². The van der Waals surface area contributed by atoms with E-state index in [2.05, 4.69) is 15.9 Å². The molecule has 0 radical (unpaired) electrons. The molecule has 0 heterocycles. The fourth-order valence-corrected chi connectivity index (χ4v) is 3.25. The molecule has 0 saturated carbocycles.